The highest BCUT2D eigenvalue weighted by Crippen LogP contribution is 2.29. The van der Waals surface area contributed by atoms with Gasteiger partial charge in [-0.25, -0.2) is 0 Å². The van der Waals surface area contributed by atoms with Crippen molar-refractivity contribution in [1.82, 2.24) is 4.98 Å². The molecule has 0 fully saturated rings. The lowest BCUT2D eigenvalue weighted by Crippen LogP contribution is -2.00. The zero-order valence-corrected chi connectivity index (χ0v) is 14.2. The molecular weight excluding hydrogens is 306 g/mol. The Balaban J connectivity index is 1.78. The van der Waals surface area contributed by atoms with Gasteiger partial charge in [0.15, 0.2) is 5.78 Å². The van der Waals surface area contributed by atoms with Crippen molar-refractivity contribution in [3.8, 4) is 0 Å². The second-order valence-corrected chi connectivity index (χ2v) is 6.55. The van der Waals surface area contributed by atoms with Crippen LogP contribution in [-0.2, 0) is 12.8 Å². The molecule has 0 amide bonds. The lowest BCUT2D eigenvalue weighted by molar-refractivity contribution is 0.104. The SMILES string of the molecule is O=C(/C=C(\c1ccccc1)c1cc2c([nH]1)CCCC2)c1ccccc1. The van der Waals surface area contributed by atoms with E-state index in [-0.39, 0.29) is 5.78 Å². The minimum atomic E-state index is 0.0343. The number of aryl methyl sites for hydroxylation is 2. The number of carbonyl (C=O) groups is 1. The largest absolute Gasteiger partial charge is 0.358 e. The maximum absolute atomic E-state index is 12.8. The molecule has 0 bridgehead atoms. The van der Waals surface area contributed by atoms with Gasteiger partial charge in [0.1, 0.15) is 0 Å². The van der Waals surface area contributed by atoms with Crippen LogP contribution in [-0.4, -0.2) is 10.8 Å². The van der Waals surface area contributed by atoms with Crippen LogP contribution in [0.15, 0.2) is 72.8 Å². The normalized spacial score (nSPS) is 14.2. The molecule has 124 valence electrons. The Morgan fingerprint density at radius 2 is 1.48 bits per heavy atom. The van der Waals surface area contributed by atoms with E-state index in [0.717, 1.165) is 29.7 Å². The van der Waals surface area contributed by atoms with Gasteiger partial charge in [-0.1, -0.05) is 60.7 Å². The predicted molar refractivity (Wildman–Crippen MR) is 102 cm³/mol. The molecule has 1 aliphatic rings. The van der Waals surface area contributed by atoms with Crippen molar-refractivity contribution in [3.05, 3.63) is 101 Å². The van der Waals surface area contributed by atoms with Gasteiger partial charge in [-0.05, 0) is 49.0 Å². The van der Waals surface area contributed by atoms with Gasteiger partial charge in [0.05, 0.1) is 0 Å². The summed E-state index contributed by atoms with van der Waals surface area (Å²) >= 11 is 0. The summed E-state index contributed by atoms with van der Waals surface area (Å²) in [4.78, 5) is 16.3. The topological polar surface area (TPSA) is 32.9 Å². The van der Waals surface area contributed by atoms with Gasteiger partial charge in [0.25, 0.3) is 0 Å². The van der Waals surface area contributed by atoms with Gasteiger partial charge in [-0.2, -0.15) is 0 Å². The third-order valence-electron chi connectivity index (χ3n) is 4.82. The van der Waals surface area contributed by atoms with E-state index >= 15 is 0 Å². The fourth-order valence-corrected chi connectivity index (χ4v) is 3.50. The average molecular weight is 327 g/mol. The van der Waals surface area contributed by atoms with Gasteiger partial charge in [0.2, 0.25) is 0 Å². The van der Waals surface area contributed by atoms with Crippen molar-refractivity contribution in [2.24, 2.45) is 0 Å². The van der Waals surface area contributed by atoms with Crippen LogP contribution in [0, 0.1) is 0 Å². The summed E-state index contributed by atoms with van der Waals surface area (Å²) in [5.74, 6) is 0.0343. The molecule has 2 aromatic carbocycles. The lowest BCUT2D eigenvalue weighted by atomic mass is 9.96. The monoisotopic (exact) mass is 327 g/mol. The van der Waals surface area contributed by atoms with Gasteiger partial charge in [-0.3, -0.25) is 4.79 Å². The van der Waals surface area contributed by atoms with Crippen LogP contribution in [0.25, 0.3) is 5.57 Å². The highest BCUT2D eigenvalue weighted by Gasteiger charge is 2.16. The zero-order chi connectivity index (χ0) is 17.1. The van der Waals surface area contributed by atoms with Crippen molar-refractivity contribution < 1.29 is 4.79 Å². The van der Waals surface area contributed by atoms with Crippen LogP contribution in [0.1, 0.15) is 45.7 Å². The van der Waals surface area contributed by atoms with Crippen LogP contribution in [0.3, 0.4) is 0 Å². The Kier molecular flexibility index (Phi) is 4.34. The molecule has 3 aromatic rings. The van der Waals surface area contributed by atoms with Crippen LogP contribution in [0.2, 0.25) is 0 Å². The number of aromatic amines is 1. The first-order valence-corrected chi connectivity index (χ1v) is 8.89. The molecule has 25 heavy (non-hydrogen) atoms. The maximum atomic E-state index is 12.8. The molecule has 4 rings (SSSR count). The van der Waals surface area contributed by atoms with E-state index in [9.17, 15) is 4.79 Å². The third kappa shape index (κ3) is 3.34. The summed E-state index contributed by atoms with van der Waals surface area (Å²) in [6, 6.07) is 21.8. The molecule has 1 heterocycles. The van der Waals surface area contributed by atoms with Crippen molar-refractivity contribution in [2.45, 2.75) is 25.7 Å². The summed E-state index contributed by atoms with van der Waals surface area (Å²) in [6.07, 6.45) is 6.48. The molecule has 0 aliphatic heterocycles. The van der Waals surface area contributed by atoms with Gasteiger partial charge in [0, 0.05) is 22.5 Å². The number of hydrogen-bond donors (Lipinski definition) is 1. The molecule has 0 atom stereocenters. The van der Waals surface area contributed by atoms with Crippen molar-refractivity contribution in [1.29, 1.82) is 0 Å². The summed E-state index contributed by atoms with van der Waals surface area (Å²) in [7, 11) is 0. The Hall–Kier alpha value is -2.87. The lowest BCUT2D eigenvalue weighted by Gasteiger charge is -2.09. The number of rotatable bonds is 4. The van der Waals surface area contributed by atoms with Crippen molar-refractivity contribution in [2.75, 3.05) is 0 Å². The molecular formula is C23H21NO. The summed E-state index contributed by atoms with van der Waals surface area (Å²) in [5.41, 5.74) is 6.51. The summed E-state index contributed by atoms with van der Waals surface area (Å²) < 4.78 is 0. The second-order valence-electron chi connectivity index (χ2n) is 6.55. The molecule has 2 heteroatoms. The van der Waals surface area contributed by atoms with E-state index in [1.54, 1.807) is 6.08 Å². The molecule has 1 N–H and O–H groups in total. The number of ketones is 1. The van der Waals surface area contributed by atoms with Gasteiger partial charge < -0.3 is 4.98 Å². The summed E-state index contributed by atoms with van der Waals surface area (Å²) in [6.45, 7) is 0. The first-order valence-electron chi connectivity index (χ1n) is 8.89. The number of benzene rings is 2. The predicted octanol–water partition coefficient (Wildman–Crippen LogP) is 5.21. The Morgan fingerprint density at radius 1 is 0.840 bits per heavy atom. The average Bonchev–Trinajstić information content (AvgIpc) is 3.11. The molecule has 1 aromatic heterocycles. The first kappa shape index (κ1) is 15.6. The highest BCUT2D eigenvalue weighted by atomic mass is 16.1. The van der Waals surface area contributed by atoms with E-state index in [4.69, 9.17) is 0 Å². The summed E-state index contributed by atoms with van der Waals surface area (Å²) in [5, 5.41) is 0. The number of allylic oxidation sites excluding steroid dienone is 1. The number of hydrogen-bond acceptors (Lipinski definition) is 1. The zero-order valence-electron chi connectivity index (χ0n) is 14.2. The minimum absolute atomic E-state index is 0.0343. The standard InChI is InChI=1S/C23H21NO/c25-23(18-11-5-2-6-12-18)16-20(17-9-3-1-4-10-17)22-15-19-13-7-8-14-21(19)24-22/h1-6,9-12,15-16,24H,7-8,13-14H2/b20-16+. The van der Waals surface area contributed by atoms with Crippen LogP contribution < -0.4 is 0 Å². The van der Waals surface area contributed by atoms with E-state index in [1.165, 1.54) is 24.1 Å². The number of fused-ring (bicyclic) bond motifs is 1. The Labute approximate surface area is 148 Å². The molecule has 0 saturated carbocycles. The minimum Gasteiger partial charge on any atom is -0.358 e. The molecule has 0 radical (unpaired) electrons. The number of aromatic nitrogens is 1. The Morgan fingerprint density at radius 3 is 2.16 bits per heavy atom. The number of H-pyrrole nitrogens is 1. The van der Waals surface area contributed by atoms with Crippen LogP contribution >= 0.6 is 0 Å². The first-order chi connectivity index (χ1) is 12.3. The number of nitrogens with one attached hydrogen (secondary N) is 1. The second kappa shape index (κ2) is 6.94. The molecule has 0 saturated heterocycles. The fraction of sp³-hybridized carbons (Fsp3) is 0.174. The van der Waals surface area contributed by atoms with Gasteiger partial charge >= 0.3 is 0 Å². The molecule has 0 spiro atoms. The van der Waals surface area contributed by atoms with E-state index < -0.39 is 0 Å². The highest BCUT2D eigenvalue weighted by molar-refractivity contribution is 6.10. The smallest absolute Gasteiger partial charge is 0.186 e. The van der Waals surface area contributed by atoms with Crippen molar-refractivity contribution in [3.63, 3.8) is 0 Å². The fourth-order valence-electron chi connectivity index (χ4n) is 3.50. The third-order valence-corrected chi connectivity index (χ3v) is 4.82. The molecule has 2 nitrogen and oxygen atoms in total. The molecule has 1 aliphatic carbocycles. The van der Waals surface area contributed by atoms with Crippen LogP contribution in [0.4, 0.5) is 0 Å². The van der Waals surface area contributed by atoms with Crippen LogP contribution in [0.5, 0.6) is 0 Å². The maximum Gasteiger partial charge on any atom is 0.186 e. The molecule has 0 unspecified atom stereocenters. The van der Waals surface area contributed by atoms with Gasteiger partial charge in [-0.15, -0.1) is 0 Å². The Bertz CT molecular complexity index is 880. The van der Waals surface area contributed by atoms with E-state index in [2.05, 4.69) is 23.2 Å². The van der Waals surface area contributed by atoms with Crippen molar-refractivity contribution >= 4 is 11.4 Å². The van der Waals surface area contributed by atoms with E-state index in [1.807, 2.05) is 48.5 Å². The number of carbonyl (C=O) groups excluding carboxylic acids is 1. The van der Waals surface area contributed by atoms with E-state index in [0.29, 0.717) is 5.56 Å². The quantitative estimate of drug-likeness (QED) is 0.518.